The highest BCUT2D eigenvalue weighted by Gasteiger charge is 2.63. The van der Waals surface area contributed by atoms with Gasteiger partial charge in [0.05, 0.1) is 12.1 Å². The van der Waals surface area contributed by atoms with E-state index in [1.54, 1.807) is 6.08 Å². The zero-order chi connectivity index (χ0) is 18.0. The van der Waals surface area contributed by atoms with Gasteiger partial charge in [-0.3, -0.25) is 9.59 Å². The van der Waals surface area contributed by atoms with Crippen molar-refractivity contribution in [2.24, 2.45) is 33.7 Å². The fraction of sp³-hybridized carbons (Fsp3) is 0.789. The molecule has 3 fully saturated rings. The lowest BCUT2D eigenvalue weighted by Crippen LogP contribution is -2.59. The molecule has 6 nitrogen and oxygen atoms in total. The molecular formula is C19H25N3O3. The first kappa shape index (κ1) is 16.8. The summed E-state index contributed by atoms with van der Waals surface area (Å²) in [6, 6.07) is -0.587. The number of aliphatic hydroxyl groups is 1. The van der Waals surface area contributed by atoms with Crippen LogP contribution in [0.5, 0.6) is 0 Å². The van der Waals surface area contributed by atoms with Crippen LogP contribution in [-0.4, -0.2) is 28.8 Å². The van der Waals surface area contributed by atoms with Crippen molar-refractivity contribution in [3.05, 3.63) is 22.1 Å². The Morgan fingerprint density at radius 3 is 2.60 bits per heavy atom. The maximum Gasteiger partial charge on any atom is 0.155 e. The van der Waals surface area contributed by atoms with E-state index >= 15 is 0 Å². The molecule has 1 N–H and O–H groups in total. The lowest BCUT2D eigenvalue weighted by molar-refractivity contribution is -0.136. The Balaban J connectivity index is 1.85. The van der Waals surface area contributed by atoms with Gasteiger partial charge in [0, 0.05) is 23.2 Å². The van der Waals surface area contributed by atoms with E-state index < -0.39 is 12.1 Å². The van der Waals surface area contributed by atoms with Gasteiger partial charge >= 0.3 is 0 Å². The third-order valence-corrected chi connectivity index (χ3v) is 7.95. The number of rotatable bonds is 1. The van der Waals surface area contributed by atoms with Gasteiger partial charge in [-0.1, -0.05) is 19.0 Å². The highest BCUT2D eigenvalue weighted by Crippen LogP contribution is 2.64. The molecular weight excluding hydrogens is 318 g/mol. The van der Waals surface area contributed by atoms with Gasteiger partial charge in [-0.05, 0) is 66.0 Å². The van der Waals surface area contributed by atoms with Crippen LogP contribution >= 0.6 is 0 Å². The van der Waals surface area contributed by atoms with Crippen molar-refractivity contribution in [1.82, 2.24) is 0 Å². The molecule has 0 aliphatic heterocycles. The minimum absolute atomic E-state index is 0.00597. The molecule has 3 saturated carbocycles. The van der Waals surface area contributed by atoms with Gasteiger partial charge in [-0.25, -0.2) is 0 Å². The van der Waals surface area contributed by atoms with Crippen molar-refractivity contribution in [2.45, 2.75) is 64.5 Å². The van der Waals surface area contributed by atoms with Gasteiger partial charge in [0.15, 0.2) is 5.78 Å². The molecule has 0 amide bonds. The summed E-state index contributed by atoms with van der Waals surface area (Å²) in [5.41, 5.74) is 9.24. The minimum Gasteiger partial charge on any atom is -0.388 e. The summed E-state index contributed by atoms with van der Waals surface area (Å²) in [6.07, 6.45) is 5.04. The summed E-state index contributed by atoms with van der Waals surface area (Å²) >= 11 is 0. The van der Waals surface area contributed by atoms with Crippen LogP contribution in [0.2, 0.25) is 0 Å². The number of hydrogen-bond acceptors (Lipinski definition) is 4. The predicted octanol–water partition coefficient (Wildman–Crippen LogP) is 3.35. The normalized spacial score (nSPS) is 48.8. The van der Waals surface area contributed by atoms with Gasteiger partial charge < -0.3 is 5.11 Å². The highest BCUT2D eigenvalue weighted by atomic mass is 16.3. The molecule has 0 radical (unpaired) electrons. The summed E-state index contributed by atoms with van der Waals surface area (Å²) in [6.45, 7) is 4.21. The van der Waals surface area contributed by atoms with Crippen LogP contribution < -0.4 is 0 Å². The third-order valence-electron chi connectivity index (χ3n) is 7.95. The van der Waals surface area contributed by atoms with E-state index in [1.165, 1.54) is 0 Å². The van der Waals surface area contributed by atoms with Crippen LogP contribution in [0.4, 0.5) is 0 Å². The van der Waals surface area contributed by atoms with E-state index in [2.05, 4.69) is 23.9 Å². The van der Waals surface area contributed by atoms with Crippen molar-refractivity contribution in [3.8, 4) is 0 Å². The highest BCUT2D eigenvalue weighted by molar-refractivity contribution is 5.92. The van der Waals surface area contributed by atoms with Crippen molar-refractivity contribution in [2.75, 3.05) is 0 Å². The van der Waals surface area contributed by atoms with Crippen molar-refractivity contribution in [3.63, 3.8) is 0 Å². The standard InChI is InChI=1S/C19H25N3O3/c1-18-7-5-10(23)9-13(18)17(25)16(21-22-20)15-11-3-4-14(24)19(11,2)8-6-12(15)18/h9,11-12,15-17,25H,3-8H2,1-2H3/t11-,12-,15-,16?,17-,18+,19-/m0/s1. The number of fused-ring (bicyclic) bond motifs is 5. The third kappa shape index (κ3) is 2.10. The fourth-order valence-electron chi connectivity index (χ4n) is 6.54. The Hall–Kier alpha value is -1.65. The Bertz CT molecular complexity index is 725. The molecule has 7 atom stereocenters. The Morgan fingerprint density at radius 2 is 1.88 bits per heavy atom. The summed E-state index contributed by atoms with van der Waals surface area (Å²) in [5.74, 6) is 0.762. The smallest absolute Gasteiger partial charge is 0.155 e. The van der Waals surface area contributed by atoms with Crippen molar-refractivity contribution >= 4 is 11.6 Å². The molecule has 0 bridgehead atoms. The molecule has 0 saturated heterocycles. The number of hydrogen-bond donors (Lipinski definition) is 1. The van der Waals surface area contributed by atoms with Gasteiger partial charge in [0.1, 0.15) is 5.78 Å². The van der Waals surface area contributed by atoms with E-state index in [0.717, 1.165) is 31.3 Å². The summed E-state index contributed by atoms with van der Waals surface area (Å²) in [7, 11) is 0. The van der Waals surface area contributed by atoms with Gasteiger partial charge in [0.2, 0.25) is 0 Å². The zero-order valence-corrected chi connectivity index (χ0v) is 14.8. The summed E-state index contributed by atoms with van der Waals surface area (Å²) in [4.78, 5) is 27.5. The molecule has 0 heterocycles. The van der Waals surface area contributed by atoms with E-state index in [9.17, 15) is 14.7 Å². The minimum atomic E-state index is -0.926. The number of Topliss-reactive ketones (excluding diaryl/α,β-unsaturated/α-hetero) is 1. The molecule has 4 rings (SSSR count). The molecule has 25 heavy (non-hydrogen) atoms. The first-order valence-electron chi connectivity index (χ1n) is 9.33. The van der Waals surface area contributed by atoms with E-state index in [0.29, 0.717) is 18.6 Å². The number of azide groups is 1. The quantitative estimate of drug-likeness (QED) is 0.448. The van der Waals surface area contributed by atoms with Crippen LogP contribution in [0.3, 0.4) is 0 Å². The average molecular weight is 343 g/mol. The maximum absolute atomic E-state index is 12.5. The van der Waals surface area contributed by atoms with Crippen LogP contribution in [0.1, 0.15) is 52.4 Å². The number of aliphatic hydroxyl groups excluding tert-OH is 1. The SMILES string of the molecule is C[C@]12CCC(=O)C=C1[C@H](O)C(N=[N+]=[N-])[C@@H]1[C@@H]2CC[C@]2(C)C(=O)CC[C@@H]12. The Morgan fingerprint density at radius 1 is 1.16 bits per heavy atom. The Kier molecular flexibility index (Phi) is 3.64. The monoisotopic (exact) mass is 343 g/mol. The molecule has 0 aromatic carbocycles. The van der Waals surface area contributed by atoms with Crippen LogP contribution in [-0.2, 0) is 9.59 Å². The van der Waals surface area contributed by atoms with Crippen LogP contribution in [0.25, 0.3) is 10.4 Å². The number of ketones is 2. The van der Waals surface area contributed by atoms with Crippen LogP contribution in [0, 0.1) is 28.6 Å². The number of carbonyl (C=O) groups excluding carboxylic acids is 2. The topological polar surface area (TPSA) is 103 Å². The van der Waals surface area contributed by atoms with E-state index in [4.69, 9.17) is 5.53 Å². The van der Waals surface area contributed by atoms with Crippen molar-refractivity contribution < 1.29 is 14.7 Å². The van der Waals surface area contributed by atoms with Gasteiger partial charge in [-0.15, -0.1) is 0 Å². The number of nitrogens with zero attached hydrogens (tertiary/aromatic N) is 3. The summed E-state index contributed by atoms with van der Waals surface area (Å²) in [5, 5.41) is 15.0. The lowest BCUT2D eigenvalue weighted by Gasteiger charge is -2.59. The Labute approximate surface area is 147 Å². The molecule has 1 unspecified atom stereocenters. The largest absolute Gasteiger partial charge is 0.388 e. The fourth-order valence-corrected chi connectivity index (χ4v) is 6.54. The first-order valence-corrected chi connectivity index (χ1v) is 9.33. The second kappa shape index (κ2) is 5.42. The molecule has 6 heteroatoms. The predicted molar refractivity (Wildman–Crippen MR) is 91.4 cm³/mol. The molecule has 134 valence electrons. The zero-order valence-electron chi connectivity index (χ0n) is 14.8. The molecule has 4 aliphatic carbocycles. The molecule has 0 aromatic heterocycles. The molecule has 4 aliphatic rings. The van der Waals surface area contributed by atoms with Crippen molar-refractivity contribution in [1.29, 1.82) is 0 Å². The van der Waals surface area contributed by atoms with E-state index in [1.807, 2.05) is 0 Å². The van der Waals surface area contributed by atoms with Gasteiger partial charge in [-0.2, -0.15) is 0 Å². The van der Waals surface area contributed by atoms with Crippen LogP contribution in [0.15, 0.2) is 16.8 Å². The molecule has 0 spiro atoms. The average Bonchev–Trinajstić information content (AvgIpc) is 2.88. The number of carbonyl (C=O) groups is 2. The first-order chi connectivity index (χ1) is 11.8. The second-order valence-electron chi connectivity index (χ2n) is 8.83. The van der Waals surface area contributed by atoms with Gasteiger partial charge in [0.25, 0.3) is 0 Å². The lowest BCUT2D eigenvalue weighted by atomic mass is 9.46. The summed E-state index contributed by atoms with van der Waals surface area (Å²) < 4.78 is 0. The second-order valence-corrected chi connectivity index (χ2v) is 8.83. The van der Waals surface area contributed by atoms with E-state index in [-0.39, 0.29) is 34.4 Å². The maximum atomic E-state index is 12.5. The molecule has 0 aromatic rings.